The Balaban J connectivity index is 1.18. The minimum Gasteiger partial charge on any atom is -0.484 e. The largest absolute Gasteiger partial charge is 0.484 e. The molecule has 8 nitrogen and oxygen atoms in total. The van der Waals surface area contributed by atoms with E-state index in [1.165, 1.54) is 0 Å². The molecule has 1 aliphatic rings. The first-order valence-corrected chi connectivity index (χ1v) is 8.99. The van der Waals surface area contributed by atoms with Crippen molar-refractivity contribution in [1.82, 2.24) is 25.0 Å². The molecule has 1 fully saturated rings. The summed E-state index contributed by atoms with van der Waals surface area (Å²) in [6.07, 6.45) is 1.62. The first-order valence-electron chi connectivity index (χ1n) is 8.99. The van der Waals surface area contributed by atoms with Crippen LogP contribution >= 0.6 is 0 Å². The highest BCUT2D eigenvalue weighted by Crippen LogP contribution is 2.27. The molecule has 3 heterocycles. The number of imidazole rings is 1. The van der Waals surface area contributed by atoms with Gasteiger partial charge in [0.2, 0.25) is 0 Å². The molecule has 28 heavy (non-hydrogen) atoms. The third-order valence-corrected chi connectivity index (χ3v) is 4.79. The van der Waals surface area contributed by atoms with Gasteiger partial charge in [-0.05, 0) is 30.3 Å². The van der Waals surface area contributed by atoms with Crippen molar-refractivity contribution in [2.24, 2.45) is 0 Å². The van der Waals surface area contributed by atoms with Crippen molar-refractivity contribution in [2.45, 2.75) is 12.5 Å². The Morgan fingerprint density at radius 2 is 2.07 bits per heavy atom. The van der Waals surface area contributed by atoms with E-state index in [0.29, 0.717) is 30.4 Å². The SMILES string of the molecule is O=C(c1ccc2nc[nH]c2c1)N1CC(c2noc(COc3ccccc3)n2)C1. The van der Waals surface area contributed by atoms with Gasteiger partial charge in [-0.3, -0.25) is 4.79 Å². The van der Waals surface area contributed by atoms with Crippen LogP contribution in [-0.2, 0) is 6.61 Å². The molecule has 2 aromatic carbocycles. The third kappa shape index (κ3) is 3.09. The van der Waals surface area contributed by atoms with Crippen molar-refractivity contribution in [3.8, 4) is 5.75 Å². The van der Waals surface area contributed by atoms with E-state index in [1.807, 2.05) is 42.5 Å². The van der Waals surface area contributed by atoms with Gasteiger partial charge in [0.1, 0.15) is 5.75 Å². The molecule has 0 radical (unpaired) electrons. The maximum Gasteiger partial charge on any atom is 0.264 e. The van der Waals surface area contributed by atoms with Crippen molar-refractivity contribution >= 4 is 16.9 Å². The minimum atomic E-state index is -0.0103. The van der Waals surface area contributed by atoms with Gasteiger partial charge in [-0.2, -0.15) is 4.98 Å². The van der Waals surface area contributed by atoms with E-state index in [0.717, 1.165) is 16.8 Å². The zero-order valence-electron chi connectivity index (χ0n) is 14.9. The number of amides is 1. The summed E-state index contributed by atoms with van der Waals surface area (Å²) in [5.74, 6) is 1.85. The number of aromatic nitrogens is 4. The van der Waals surface area contributed by atoms with Crippen molar-refractivity contribution < 1.29 is 14.1 Å². The van der Waals surface area contributed by atoms with Crippen LogP contribution in [0.3, 0.4) is 0 Å². The average Bonchev–Trinajstić information content (AvgIpc) is 3.35. The van der Waals surface area contributed by atoms with E-state index in [9.17, 15) is 4.79 Å². The smallest absolute Gasteiger partial charge is 0.264 e. The third-order valence-electron chi connectivity index (χ3n) is 4.79. The highest BCUT2D eigenvalue weighted by atomic mass is 16.5. The van der Waals surface area contributed by atoms with Gasteiger partial charge in [-0.15, -0.1) is 0 Å². The lowest BCUT2D eigenvalue weighted by atomic mass is 9.98. The first-order chi connectivity index (χ1) is 13.8. The highest BCUT2D eigenvalue weighted by molar-refractivity contribution is 5.97. The second kappa shape index (κ2) is 6.80. The van der Waals surface area contributed by atoms with Crippen LogP contribution in [0.5, 0.6) is 5.75 Å². The van der Waals surface area contributed by atoms with Gasteiger partial charge in [0.15, 0.2) is 12.4 Å². The molecule has 0 saturated carbocycles. The lowest BCUT2D eigenvalue weighted by molar-refractivity contribution is 0.0592. The van der Waals surface area contributed by atoms with Crippen LogP contribution in [0.1, 0.15) is 28.0 Å². The minimum absolute atomic E-state index is 0.0103. The second-order valence-corrected chi connectivity index (χ2v) is 6.69. The Bertz CT molecular complexity index is 1120. The van der Waals surface area contributed by atoms with Crippen LogP contribution < -0.4 is 4.74 Å². The number of nitrogens with zero attached hydrogens (tertiary/aromatic N) is 4. The van der Waals surface area contributed by atoms with Gasteiger partial charge in [0, 0.05) is 18.7 Å². The van der Waals surface area contributed by atoms with Gasteiger partial charge in [0.25, 0.3) is 11.8 Å². The van der Waals surface area contributed by atoms with Crippen LogP contribution in [0, 0.1) is 0 Å². The van der Waals surface area contributed by atoms with E-state index in [1.54, 1.807) is 17.3 Å². The van der Waals surface area contributed by atoms with E-state index in [2.05, 4.69) is 20.1 Å². The lowest BCUT2D eigenvalue weighted by Gasteiger charge is -2.37. The predicted octanol–water partition coefficient (Wildman–Crippen LogP) is 2.76. The van der Waals surface area contributed by atoms with Gasteiger partial charge >= 0.3 is 0 Å². The summed E-state index contributed by atoms with van der Waals surface area (Å²) in [6, 6.07) is 14.9. The molecule has 0 bridgehead atoms. The van der Waals surface area contributed by atoms with Crippen molar-refractivity contribution in [1.29, 1.82) is 0 Å². The average molecular weight is 375 g/mol. The van der Waals surface area contributed by atoms with Crippen molar-refractivity contribution in [3.63, 3.8) is 0 Å². The number of benzene rings is 2. The molecule has 140 valence electrons. The number of aromatic amines is 1. The number of para-hydroxylation sites is 1. The number of fused-ring (bicyclic) bond motifs is 1. The van der Waals surface area contributed by atoms with Crippen molar-refractivity contribution in [3.05, 3.63) is 72.1 Å². The summed E-state index contributed by atoms with van der Waals surface area (Å²) in [7, 11) is 0. The molecular weight excluding hydrogens is 358 g/mol. The molecule has 0 atom stereocenters. The van der Waals surface area contributed by atoms with E-state index in [-0.39, 0.29) is 18.4 Å². The van der Waals surface area contributed by atoms with Crippen LogP contribution in [-0.4, -0.2) is 44.0 Å². The van der Waals surface area contributed by atoms with E-state index in [4.69, 9.17) is 9.26 Å². The first kappa shape index (κ1) is 16.5. The molecule has 8 heteroatoms. The van der Waals surface area contributed by atoms with E-state index < -0.39 is 0 Å². The predicted molar refractivity (Wildman–Crippen MR) is 99.8 cm³/mol. The summed E-state index contributed by atoms with van der Waals surface area (Å²) in [5, 5.41) is 4.03. The Morgan fingerprint density at radius 1 is 1.21 bits per heavy atom. The van der Waals surface area contributed by atoms with Gasteiger partial charge in [-0.25, -0.2) is 4.98 Å². The van der Waals surface area contributed by atoms with Crippen LogP contribution in [0.15, 0.2) is 59.4 Å². The number of hydrogen-bond donors (Lipinski definition) is 1. The maximum absolute atomic E-state index is 12.6. The van der Waals surface area contributed by atoms with Gasteiger partial charge < -0.3 is 19.1 Å². The van der Waals surface area contributed by atoms with Crippen LogP contribution in [0.2, 0.25) is 0 Å². The quantitative estimate of drug-likeness (QED) is 0.576. The van der Waals surface area contributed by atoms with E-state index >= 15 is 0 Å². The molecule has 2 aromatic heterocycles. The fourth-order valence-electron chi connectivity index (χ4n) is 3.21. The highest BCUT2D eigenvalue weighted by Gasteiger charge is 2.35. The summed E-state index contributed by atoms with van der Waals surface area (Å²) in [6.45, 7) is 1.35. The molecule has 1 amide bonds. The Kier molecular flexibility index (Phi) is 4.01. The zero-order valence-corrected chi connectivity index (χ0v) is 14.9. The van der Waals surface area contributed by atoms with Crippen molar-refractivity contribution in [2.75, 3.05) is 13.1 Å². The molecule has 5 rings (SSSR count). The summed E-state index contributed by atoms with van der Waals surface area (Å²) < 4.78 is 10.9. The fourth-order valence-corrected chi connectivity index (χ4v) is 3.21. The summed E-state index contributed by atoms with van der Waals surface area (Å²) in [4.78, 5) is 26.0. The topological polar surface area (TPSA) is 97.1 Å². The molecule has 1 aliphatic heterocycles. The van der Waals surface area contributed by atoms with Gasteiger partial charge in [0.05, 0.1) is 23.3 Å². The standard InChI is InChI=1S/C20H17N5O3/c26-20(13-6-7-16-17(8-13)22-12-21-16)25-9-14(10-25)19-23-18(28-24-19)11-27-15-4-2-1-3-5-15/h1-8,12,14H,9-11H2,(H,21,22). The Labute approximate surface area is 160 Å². The fraction of sp³-hybridized carbons (Fsp3) is 0.200. The van der Waals surface area contributed by atoms with Crippen LogP contribution in [0.25, 0.3) is 11.0 Å². The number of likely N-dealkylation sites (tertiary alicyclic amines) is 1. The molecule has 0 aliphatic carbocycles. The lowest BCUT2D eigenvalue weighted by Crippen LogP contribution is -2.48. The number of H-pyrrole nitrogens is 1. The zero-order chi connectivity index (χ0) is 18.9. The molecular formula is C20H17N5O3. The van der Waals surface area contributed by atoms with Gasteiger partial charge in [-0.1, -0.05) is 23.4 Å². The summed E-state index contributed by atoms with van der Waals surface area (Å²) >= 11 is 0. The Hall–Kier alpha value is -3.68. The summed E-state index contributed by atoms with van der Waals surface area (Å²) in [5.41, 5.74) is 2.33. The Morgan fingerprint density at radius 3 is 2.93 bits per heavy atom. The number of carbonyl (C=O) groups excluding carboxylic acids is 1. The molecule has 4 aromatic rings. The molecule has 1 N–H and O–H groups in total. The monoisotopic (exact) mass is 375 g/mol. The molecule has 1 saturated heterocycles. The number of ether oxygens (including phenoxy) is 1. The number of rotatable bonds is 5. The number of hydrogen-bond acceptors (Lipinski definition) is 6. The molecule has 0 unspecified atom stereocenters. The maximum atomic E-state index is 12.6. The number of carbonyl (C=O) groups is 1. The number of nitrogens with one attached hydrogen (secondary N) is 1. The second-order valence-electron chi connectivity index (χ2n) is 6.69. The van der Waals surface area contributed by atoms with Crippen LogP contribution in [0.4, 0.5) is 0 Å². The normalized spacial score (nSPS) is 14.2. The molecule has 0 spiro atoms.